The summed E-state index contributed by atoms with van der Waals surface area (Å²) in [6, 6.07) is 8.47. The zero-order valence-electron chi connectivity index (χ0n) is 19.6. The van der Waals surface area contributed by atoms with Gasteiger partial charge in [-0.1, -0.05) is 17.7 Å². The predicted octanol–water partition coefficient (Wildman–Crippen LogP) is 4.85. The second kappa shape index (κ2) is 8.41. The molecule has 33 heavy (non-hydrogen) atoms. The van der Waals surface area contributed by atoms with Gasteiger partial charge in [0.25, 0.3) is 5.91 Å². The molecule has 0 bridgehead atoms. The second-order valence-electron chi connectivity index (χ2n) is 9.35. The molecule has 1 aromatic carbocycles. The lowest BCUT2D eigenvalue weighted by molar-refractivity contribution is 0.0712. The maximum atomic E-state index is 13.5. The Morgan fingerprint density at radius 1 is 1.09 bits per heavy atom. The fourth-order valence-corrected chi connectivity index (χ4v) is 5.40. The van der Waals surface area contributed by atoms with Gasteiger partial charge in [-0.05, 0) is 81.3 Å². The molecule has 2 aliphatic rings. The molecular formula is C26H30ClN5O. The SMILES string of the molecule is CC1=C(c2cc(C(=O)N3CCC(c4ccn5cnc(Cl)c5c4)CC3)c(C)cc2C)NC(C)N1. The summed E-state index contributed by atoms with van der Waals surface area (Å²) in [6.45, 7) is 9.81. The van der Waals surface area contributed by atoms with Crippen LogP contribution in [0.4, 0.5) is 0 Å². The van der Waals surface area contributed by atoms with Crippen molar-refractivity contribution in [3.05, 3.63) is 75.5 Å². The third-order valence-corrected chi connectivity index (χ3v) is 7.30. The van der Waals surface area contributed by atoms with Gasteiger partial charge in [0.15, 0.2) is 5.15 Å². The summed E-state index contributed by atoms with van der Waals surface area (Å²) in [5.41, 5.74) is 8.50. The number of carbonyl (C=O) groups excluding carboxylic acids is 1. The van der Waals surface area contributed by atoms with Crippen LogP contribution in [0.15, 0.2) is 42.5 Å². The summed E-state index contributed by atoms with van der Waals surface area (Å²) in [5.74, 6) is 0.543. The number of amides is 1. The summed E-state index contributed by atoms with van der Waals surface area (Å²) >= 11 is 6.22. The molecule has 172 valence electrons. The predicted molar refractivity (Wildman–Crippen MR) is 132 cm³/mol. The van der Waals surface area contributed by atoms with Crippen molar-refractivity contribution in [2.24, 2.45) is 0 Å². The molecule has 1 atom stereocenters. The summed E-state index contributed by atoms with van der Waals surface area (Å²) in [7, 11) is 0. The number of imidazole rings is 1. The van der Waals surface area contributed by atoms with Crippen molar-refractivity contribution < 1.29 is 4.79 Å². The van der Waals surface area contributed by atoms with Crippen LogP contribution in [-0.2, 0) is 0 Å². The third-order valence-electron chi connectivity index (χ3n) is 7.01. The Hall–Kier alpha value is -2.99. The number of nitrogens with one attached hydrogen (secondary N) is 2. The first kappa shape index (κ1) is 21.8. The van der Waals surface area contributed by atoms with Gasteiger partial charge >= 0.3 is 0 Å². The number of allylic oxidation sites excluding steroid dienone is 1. The second-order valence-corrected chi connectivity index (χ2v) is 9.70. The number of pyridine rings is 1. The van der Waals surface area contributed by atoms with E-state index in [0.717, 1.165) is 59.5 Å². The molecule has 2 aliphatic heterocycles. The van der Waals surface area contributed by atoms with Gasteiger partial charge in [0, 0.05) is 36.1 Å². The maximum Gasteiger partial charge on any atom is 0.254 e. The van der Waals surface area contributed by atoms with Crippen molar-refractivity contribution in [3.8, 4) is 0 Å². The molecule has 1 amide bonds. The Kier molecular flexibility index (Phi) is 5.57. The number of hydrogen-bond donors (Lipinski definition) is 2. The van der Waals surface area contributed by atoms with Crippen molar-refractivity contribution in [1.29, 1.82) is 0 Å². The Labute approximate surface area is 199 Å². The summed E-state index contributed by atoms with van der Waals surface area (Å²) in [4.78, 5) is 19.7. The van der Waals surface area contributed by atoms with Crippen molar-refractivity contribution in [2.75, 3.05) is 13.1 Å². The first-order valence-electron chi connectivity index (χ1n) is 11.6. The van der Waals surface area contributed by atoms with Crippen molar-refractivity contribution in [1.82, 2.24) is 24.9 Å². The largest absolute Gasteiger partial charge is 0.367 e. The van der Waals surface area contributed by atoms with Gasteiger partial charge in [-0.25, -0.2) is 4.98 Å². The lowest BCUT2D eigenvalue weighted by Gasteiger charge is -2.33. The fourth-order valence-electron chi connectivity index (χ4n) is 5.20. The van der Waals surface area contributed by atoms with E-state index in [0.29, 0.717) is 11.1 Å². The Bertz CT molecular complexity index is 1270. The fraction of sp³-hybridized carbons (Fsp3) is 0.385. The van der Waals surface area contributed by atoms with E-state index in [1.807, 2.05) is 22.4 Å². The normalized spacial score (nSPS) is 19.2. The van der Waals surface area contributed by atoms with Crippen LogP contribution in [0.25, 0.3) is 11.2 Å². The van der Waals surface area contributed by atoms with E-state index in [-0.39, 0.29) is 12.1 Å². The van der Waals surface area contributed by atoms with E-state index < -0.39 is 0 Å². The van der Waals surface area contributed by atoms with Crippen LogP contribution in [-0.4, -0.2) is 39.4 Å². The highest BCUT2D eigenvalue weighted by Crippen LogP contribution is 2.32. The van der Waals surface area contributed by atoms with E-state index >= 15 is 0 Å². The van der Waals surface area contributed by atoms with Crippen LogP contribution in [0.5, 0.6) is 0 Å². The zero-order valence-corrected chi connectivity index (χ0v) is 20.3. The van der Waals surface area contributed by atoms with Crippen molar-refractivity contribution >= 4 is 28.7 Å². The molecule has 1 unspecified atom stereocenters. The van der Waals surface area contributed by atoms with Gasteiger partial charge in [0.2, 0.25) is 0 Å². The highest BCUT2D eigenvalue weighted by atomic mass is 35.5. The van der Waals surface area contributed by atoms with Crippen LogP contribution in [0.2, 0.25) is 5.15 Å². The molecule has 0 radical (unpaired) electrons. The highest BCUT2D eigenvalue weighted by Gasteiger charge is 2.27. The van der Waals surface area contributed by atoms with Gasteiger partial charge in [0.1, 0.15) is 6.33 Å². The van der Waals surface area contributed by atoms with Gasteiger partial charge in [-0.2, -0.15) is 0 Å². The van der Waals surface area contributed by atoms with Crippen molar-refractivity contribution in [2.45, 2.75) is 52.6 Å². The van der Waals surface area contributed by atoms with E-state index in [9.17, 15) is 4.79 Å². The number of aryl methyl sites for hydroxylation is 2. The van der Waals surface area contributed by atoms with Crippen LogP contribution in [0.3, 0.4) is 0 Å². The van der Waals surface area contributed by atoms with Gasteiger partial charge in [-0.3, -0.25) is 4.79 Å². The minimum atomic E-state index is 0.124. The lowest BCUT2D eigenvalue weighted by Crippen LogP contribution is -2.38. The quantitative estimate of drug-likeness (QED) is 0.582. The molecule has 4 heterocycles. The summed E-state index contributed by atoms with van der Waals surface area (Å²) in [5, 5.41) is 7.43. The number of hydrogen-bond acceptors (Lipinski definition) is 4. The minimum absolute atomic E-state index is 0.124. The van der Waals surface area contributed by atoms with Crippen LogP contribution < -0.4 is 10.6 Å². The van der Waals surface area contributed by atoms with E-state index in [2.05, 4.69) is 60.7 Å². The third kappa shape index (κ3) is 3.97. The molecule has 1 fully saturated rings. The van der Waals surface area contributed by atoms with Gasteiger partial charge < -0.3 is 19.9 Å². The number of aromatic nitrogens is 2. The molecule has 2 N–H and O–H groups in total. The molecule has 2 aromatic heterocycles. The molecule has 3 aromatic rings. The number of piperidine rings is 1. The van der Waals surface area contributed by atoms with Crippen LogP contribution in [0.1, 0.15) is 65.2 Å². The highest BCUT2D eigenvalue weighted by molar-refractivity contribution is 6.32. The Morgan fingerprint density at radius 3 is 2.55 bits per heavy atom. The van der Waals surface area contributed by atoms with E-state index in [4.69, 9.17) is 11.6 Å². The summed E-state index contributed by atoms with van der Waals surface area (Å²) < 4.78 is 1.94. The molecule has 7 heteroatoms. The average Bonchev–Trinajstić information content (AvgIpc) is 3.34. The van der Waals surface area contributed by atoms with Crippen molar-refractivity contribution in [3.63, 3.8) is 0 Å². The monoisotopic (exact) mass is 463 g/mol. The van der Waals surface area contributed by atoms with Crippen LogP contribution >= 0.6 is 11.6 Å². The number of nitrogens with zero attached hydrogens (tertiary/aromatic N) is 3. The lowest BCUT2D eigenvalue weighted by atomic mass is 9.89. The molecule has 5 rings (SSSR count). The number of halogens is 1. The maximum absolute atomic E-state index is 13.5. The van der Waals surface area contributed by atoms with Gasteiger partial charge in [0.05, 0.1) is 17.4 Å². The molecule has 0 spiro atoms. The number of fused-ring (bicyclic) bond motifs is 1. The molecule has 0 aliphatic carbocycles. The minimum Gasteiger partial charge on any atom is -0.367 e. The number of rotatable bonds is 3. The smallest absolute Gasteiger partial charge is 0.254 e. The topological polar surface area (TPSA) is 61.7 Å². The standard InChI is InChI=1S/C26H30ClN5O/c1-15-11-16(2)22(13-21(15)24-17(3)29-18(4)30-24)26(33)31-8-5-19(6-9-31)20-7-10-32-14-28-25(27)23(32)12-20/h7,10-14,18-19,29-30H,5-6,8-9H2,1-4H3. The molecule has 0 saturated carbocycles. The van der Waals surface area contributed by atoms with Crippen LogP contribution in [0, 0.1) is 13.8 Å². The van der Waals surface area contributed by atoms with E-state index in [1.54, 1.807) is 6.33 Å². The zero-order chi connectivity index (χ0) is 23.3. The first-order valence-corrected chi connectivity index (χ1v) is 12.0. The van der Waals surface area contributed by atoms with Gasteiger partial charge in [-0.15, -0.1) is 0 Å². The Balaban J connectivity index is 1.34. The number of likely N-dealkylation sites (tertiary alicyclic amines) is 1. The molecule has 1 saturated heterocycles. The average molecular weight is 464 g/mol. The summed E-state index contributed by atoms with van der Waals surface area (Å²) in [6.07, 6.45) is 5.82. The number of carbonyl (C=O) groups is 1. The first-order chi connectivity index (χ1) is 15.8. The molecular weight excluding hydrogens is 434 g/mol. The number of benzene rings is 1. The Morgan fingerprint density at radius 2 is 1.85 bits per heavy atom. The van der Waals surface area contributed by atoms with E-state index in [1.165, 1.54) is 11.1 Å². The molecule has 6 nitrogen and oxygen atoms in total.